The van der Waals surface area contributed by atoms with Crippen LogP contribution in [0.25, 0.3) is 10.9 Å². The summed E-state index contributed by atoms with van der Waals surface area (Å²) in [6, 6.07) is 5.19. The van der Waals surface area contributed by atoms with Gasteiger partial charge in [-0.2, -0.15) is 0 Å². The van der Waals surface area contributed by atoms with Gasteiger partial charge in [-0.1, -0.05) is 0 Å². The minimum absolute atomic E-state index is 0.00104. The van der Waals surface area contributed by atoms with E-state index in [0.29, 0.717) is 16.7 Å². The van der Waals surface area contributed by atoms with Gasteiger partial charge in [0.1, 0.15) is 23.6 Å². The number of carboxylic acids is 1. The molecule has 0 bridgehead atoms. The van der Waals surface area contributed by atoms with Crippen LogP contribution in [0.4, 0.5) is 4.79 Å². The van der Waals surface area contributed by atoms with Crippen molar-refractivity contribution in [2.45, 2.75) is 18.6 Å². The molecular weight excluding hydrogens is 372 g/mol. The number of ether oxygens (including phenoxy) is 3. The summed E-state index contributed by atoms with van der Waals surface area (Å²) in [5.41, 5.74) is 0.418. The van der Waals surface area contributed by atoms with Gasteiger partial charge >= 0.3 is 18.0 Å². The summed E-state index contributed by atoms with van der Waals surface area (Å²) in [7, 11) is 2.72. The highest BCUT2D eigenvalue weighted by atomic mass is 16.5. The van der Waals surface area contributed by atoms with E-state index < -0.39 is 30.2 Å². The zero-order valence-corrected chi connectivity index (χ0v) is 15.1. The number of nitrogens with zero attached hydrogens (tertiary/aromatic N) is 2. The number of rotatable bonds is 5. The molecule has 148 valence electrons. The van der Waals surface area contributed by atoms with E-state index in [4.69, 9.17) is 14.2 Å². The number of aliphatic carboxylic acids is 1. The van der Waals surface area contributed by atoms with Gasteiger partial charge < -0.3 is 24.4 Å². The molecule has 0 radical (unpaired) electrons. The first-order valence-electron chi connectivity index (χ1n) is 8.30. The largest absolute Gasteiger partial charge is 0.497 e. The molecule has 2 N–H and O–H groups in total. The second-order valence-electron chi connectivity index (χ2n) is 6.14. The van der Waals surface area contributed by atoms with Crippen molar-refractivity contribution in [2.75, 3.05) is 20.8 Å². The SMILES string of the molecule is COC(=O)c1cc(O[C@@H]2C[C@@H](C(=O)O)N(C(=O)O)C2)c2ccc(OC)cc2n1. The Kier molecular flexibility index (Phi) is 5.21. The van der Waals surface area contributed by atoms with E-state index in [-0.39, 0.29) is 24.4 Å². The van der Waals surface area contributed by atoms with E-state index in [9.17, 15) is 24.6 Å². The van der Waals surface area contributed by atoms with Gasteiger partial charge in [0.2, 0.25) is 0 Å². The molecule has 0 spiro atoms. The van der Waals surface area contributed by atoms with Crippen molar-refractivity contribution < 1.29 is 38.8 Å². The van der Waals surface area contributed by atoms with Crippen LogP contribution in [-0.2, 0) is 9.53 Å². The molecule has 1 aromatic heterocycles. The van der Waals surface area contributed by atoms with Crippen LogP contribution in [0.2, 0.25) is 0 Å². The maximum absolute atomic E-state index is 11.9. The molecule has 3 rings (SSSR count). The number of hydrogen-bond donors (Lipinski definition) is 2. The second-order valence-corrected chi connectivity index (χ2v) is 6.14. The quantitative estimate of drug-likeness (QED) is 0.730. The predicted molar refractivity (Wildman–Crippen MR) is 94.8 cm³/mol. The topological polar surface area (TPSA) is 135 Å². The van der Waals surface area contributed by atoms with Crippen molar-refractivity contribution in [3.63, 3.8) is 0 Å². The lowest BCUT2D eigenvalue weighted by molar-refractivity contribution is -0.141. The van der Waals surface area contributed by atoms with Crippen molar-refractivity contribution in [2.24, 2.45) is 0 Å². The highest BCUT2D eigenvalue weighted by Crippen LogP contribution is 2.32. The summed E-state index contributed by atoms with van der Waals surface area (Å²) in [5, 5.41) is 19.0. The Morgan fingerprint density at radius 2 is 1.93 bits per heavy atom. The molecule has 1 aromatic carbocycles. The summed E-state index contributed by atoms with van der Waals surface area (Å²) in [6.07, 6.45) is -2.05. The van der Waals surface area contributed by atoms with Gasteiger partial charge in [-0.15, -0.1) is 0 Å². The highest BCUT2D eigenvalue weighted by Gasteiger charge is 2.41. The lowest BCUT2D eigenvalue weighted by Gasteiger charge is -2.17. The smallest absolute Gasteiger partial charge is 0.408 e. The summed E-state index contributed by atoms with van der Waals surface area (Å²) >= 11 is 0. The number of carbonyl (C=O) groups is 3. The van der Waals surface area contributed by atoms with E-state index in [1.165, 1.54) is 20.3 Å². The minimum atomic E-state index is -1.34. The molecule has 1 fully saturated rings. The molecule has 1 saturated heterocycles. The summed E-state index contributed by atoms with van der Waals surface area (Å²) in [5.74, 6) is -1.11. The number of carbonyl (C=O) groups excluding carboxylic acids is 1. The van der Waals surface area contributed by atoms with Crippen LogP contribution < -0.4 is 9.47 Å². The molecule has 1 aliphatic heterocycles. The molecule has 0 unspecified atom stereocenters. The van der Waals surface area contributed by atoms with E-state index in [2.05, 4.69) is 4.98 Å². The Morgan fingerprint density at radius 3 is 2.50 bits per heavy atom. The number of hydrogen-bond acceptors (Lipinski definition) is 7. The lowest BCUT2D eigenvalue weighted by Crippen LogP contribution is -2.39. The lowest BCUT2D eigenvalue weighted by atomic mass is 10.1. The standard InChI is InChI=1S/C18H18N2O8/c1-26-9-3-4-11-12(5-9)19-13(17(23)27-2)7-15(11)28-10-6-14(16(21)22)20(8-10)18(24)25/h3-5,7,10,14H,6,8H2,1-2H3,(H,21,22)(H,24,25)/t10-,14+/m1/s1. The minimum Gasteiger partial charge on any atom is -0.497 e. The monoisotopic (exact) mass is 390 g/mol. The summed E-state index contributed by atoms with van der Waals surface area (Å²) < 4.78 is 15.8. The van der Waals surface area contributed by atoms with Gasteiger partial charge in [-0.3, -0.25) is 4.90 Å². The van der Waals surface area contributed by atoms with Crippen LogP contribution in [0, 0.1) is 0 Å². The predicted octanol–water partition coefficient (Wildman–Crippen LogP) is 1.61. The number of likely N-dealkylation sites (tertiary alicyclic amines) is 1. The third-order valence-electron chi connectivity index (χ3n) is 4.46. The Balaban J connectivity index is 1.98. The fourth-order valence-electron chi connectivity index (χ4n) is 3.12. The van der Waals surface area contributed by atoms with Crippen molar-refractivity contribution in [3.8, 4) is 11.5 Å². The number of aromatic nitrogens is 1. The molecule has 2 aromatic rings. The average Bonchev–Trinajstić information content (AvgIpc) is 3.11. The zero-order chi connectivity index (χ0) is 20.4. The second kappa shape index (κ2) is 7.59. The van der Waals surface area contributed by atoms with Gasteiger partial charge in [-0.05, 0) is 12.1 Å². The van der Waals surface area contributed by atoms with Crippen molar-refractivity contribution in [1.29, 1.82) is 0 Å². The third kappa shape index (κ3) is 3.61. The van der Waals surface area contributed by atoms with Gasteiger partial charge in [0.15, 0.2) is 5.69 Å². The molecule has 28 heavy (non-hydrogen) atoms. The number of esters is 1. The Bertz CT molecular complexity index is 923. The Hall–Kier alpha value is -3.56. The number of benzene rings is 1. The highest BCUT2D eigenvalue weighted by molar-refractivity contribution is 5.94. The maximum Gasteiger partial charge on any atom is 0.408 e. The fraction of sp³-hybridized carbons (Fsp3) is 0.333. The first-order valence-corrected chi connectivity index (χ1v) is 8.30. The van der Waals surface area contributed by atoms with Crippen LogP contribution in [0.5, 0.6) is 11.5 Å². The van der Waals surface area contributed by atoms with E-state index in [0.717, 1.165) is 4.90 Å². The number of amides is 1. The molecular formula is C18H18N2O8. The van der Waals surface area contributed by atoms with Gasteiger partial charge in [0.05, 0.1) is 26.3 Å². The zero-order valence-electron chi connectivity index (χ0n) is 15.1. The van der Waals surface area contributed by atoms with Crippen LogP contribution in [0.1, 0.15) is 16.9 Å². The van der Waals surface area contributed by atoms with Crippen LogP contribution in [-0.4, -0.2) is 71.0 Å². The van der Waals surface area contributed by atoms with Gasteiger partial charge in [0.25, 0.3) is 0 Å². The van der Waals surface area contributed by atoms with E-state index >= 15 is 0 Å². The Labute approximate surface area is 159 Å². The van der Waals surface area contributed by atoms with Crippen LogP contribution in [0.3, 0.4) is 0 Å². The average molecular weight is 390 g/mol. The number of carboxylic acid groups (broad SMARTS) is 2. The number of methoxy groups -OCH3 is 2. The van der Waals surface area contributed by atoms with Crippen molar-refractivity contribution in [3.05, 3.63) is 30.0 Å². The van der Waals surface area contributed by atoms with Crippen LogP contribution in [0.15, 0.2) is 24.3 Å². The number of fused-ring (bicyclic) bond motifs is 1. The molecule has 0 saturated carbocycles. The van der Waals surface area contributed by atoms with Crippen LogP contribution >= 0.6 is 0 Å². The van der Waals surface area contributed by atoms with Gasteiger partial charge in [0, 0.05) is 23.9 Å². The molecule has 2 atom stereocenters. The first kappa shape index (κ1) is 19.2. The van der Waals surface area contributed by atoms with Crippen molar-refractivity contribution >= 4 is 28.9 Å². The van der Waals surface area contributed by atoms with Gasteiger partial charge in [-0.25, -0.2) is 19.4 Å². The number of pyridine rings is 1. The fourth-order valence-corrected chi connectivity index (χ4v) is 3.12. The first-order chi connectivity index (χ1) is 13.3. The molecule has 10 nitrogen and oxygen atoms in total. The summed E-state index contributed by atoms with van der Waals surface area (Å²) in [6.45, 7) is -0.111. The molecule has 1 aliphatic rings. The third-order valence-corrected chi connectivity index (χ3v) is 4.46. The maximum atomic E-state index is 11.9. The van der Waals surface area contributed by atoms with Crippen molar-refractivity contribution in [1.82, 2.24) is 9.88 Å². The normalized spacial score (nSPS) is 18.7. The summed E-state index contributed by atoms with van der Waals surface area (Å²) in [4.78, 5) is 39.6. The molecule has 0 aliphatic carbocycles. The molecule has 10 heteroatoms. The molecule has 1 amide bonds. The Morgan fingerprint density at radius 1 is 1.18 bits per heavy atom. The van der Waals surface area contributed by atoms with E-state index in [1.54, 1.807) is 18.2 Å². The van der Waals surface area contributed by atoms with E-state index in [1.807, 2.05) is 0 Å². The molecule has 2 heterocycles.